The van der Waals surface area contributed by atoms with Crippen LogP contribution < -0.4 is 5.32 Å². The molecule has 0 saturated carbocycles. The minimum atomic E-state index is 0.385. The van der Waals surface area contributed by atoms with Crippen LogP contribution in [-0.4, -0.2) is 12.6 Å². The molecule has 2 heteroatoms. The standard InChI is InChI=1S/C13H18BrN/c1-4-15-13(10(2)3)9-11-5-7-12(14)8-6-11/h5-8,13,15H,2,4,9H2,1,3H3. The van der Waals surface area contributed by atoms with Gasteiger partial charge in [0.25, 0.3) is 0 Å². The van der Waals surface area contributed by atoms with E-state index in [0.717, 1.165) is 17.4 Å². The summed E-state index contributed by atoms with van der Waals surface area (Å²) in [6.07, 6.45) is 1.01. The summed E-state index contributed by atoms with van der Waals surface area (Å²) < 4.78 is 1.13. The predicted molar refractivity (Wildman–Crippen MR) is 70.1 cm³/mol. The molecule has 1 nitrogen and oxygen atoms in total. The fourth-order valence-corrected chi connectivity index (χ4v) is 1.79. The van der Waals surface area contributed by atoms with Crippen LogP contribution in [0.25, 0.3) is 0 Å². The van der Waals surface area contributed by atoms with Crippen molar-refractivity contribution in [1.82, 2.24) is 5.32 Å². The number of halogens is 1. The molecule has 0 heterocycles. The van der Waals surface area contributed by atoms with E-state index < -0.39 is 0 Å². The normalized spacial score (nSPS) is 12.5. The first-order valence-electron chi connectivity index (χ1n) is 5.26. The molecular formula is C13H18BrN. The van der Waals surface area contributed by atoms with E-state index in [-0.39, 0.29) is 0 Å². The lowest BCUT2D eigenvalue weighted by Gasteiger charge is -2.17. The van der Waals surface area contributed by atoms with E-state index in [1.165, 1.54) is 11.1 Å². The molecule has 0 aliphatic rings. The summed E-state index contributed by atoms with van der Waals surface area (Å²) in [5.41, 5.74) is 2.53. The van der Waals surface area contributed by atoms with Crippen molar-refractivity contribution >= 4 is 15.9 Å². The highest BCUT2D eigenvalue weighted by atomic mass is 79.9. The van der Waals surface area contributed by atoms with Crippen LogP contribution in [0.5, 0.6) is 0 Å². The molecule has 0 amide bonds. The number of hydrogen-bond donors (Lipinski definition) is 1. The maximum absolute atomic E-state index is 4.02. The Labute approximate surface area is 101 Å². The zero-order valence-corrected chi connectivity index (χ0v) is 11.0. The Morgan fingerprint density at radius 1 is 1.40 bits per heavy atom. The lowest BCUT2D eigenvalue weighted by molar-refractivity contribution is 0.588. The maximum atomic E-state index is 4.02. The Balaban J connectivity index is 2.65. The Bertz CT molecular complexity index is 316. The van der Waals surface area contributed by atoms with Crippen LogP contribution in [0.15, 0.2) is 40.9 Å². The third kappa shape index (κ3) is 4.18. The van der Waals surface area contributed by atoms with Gasteiger partial charge in [-0.1, -0.05) is 47.1 Å². The van der Waals surface area contributed by atoms with Crippen LogP contribution in [0.2, 0.25) is 0 Å². The summed E-state index contributed by atoms with van der Waals surface area (Å²) in [4.78, 5) is 0. The highest BCUT2D eigenvalue weighted by molar-refractivity contribution is 9.10. The molecule has 0 aromatic heterocycles. The average Bonchev–Trinajstić information content (AvgIpc) is 2.20. The lowest BCUT2D eigenvalue weighted by atomic mass is 10.0. The van der Waals surface area contributed by atoms with E-state index >= 15 is 0 Å². The minimum absolute atomic E-state index is 0.385. The highest BCUT2D eigenvalue weighted by Crippen LogP contribution is 2.13. The second kappa shape index (κ2) is 6.09. The first-order valence-corrected chi connectivity index (χ1v) is 6.06. The van der Waals surface area contributed by atoms with Gasteiger partial charge in [0.1, 0.15) is 0 Å². The smallest absolute Gasteiger partial charge is 0.0314 e. The molecular weight excluding hydrogens is 250 g/mol. The van der Waals surface area contributed by atoms with Gasteiger partial charge in [-0.15, -0.1) is 0 Å². The van der Waals surface area contributed by atoms with Gasteiger partial charge in [-0.3, -0.25) is 0 Å². The Morgan fingerprint density at radius 2 is 2.00 bits per heavy atom. The van der Waals surface area contributed by atoms with Crippen LogP contribution in [0.1, 0.15) is 19.4 Å². The SMILES string of the molecule is C=C(C)C(Cc1ccc(Br)cc1)NCC. The highest BCUT2D eigenvalue weighted by Gasteiger charge is 2.08. The van der Waals surface area contributed by atoms with Gasteiger partial charge < -0.3 is 5.32 Å². The summed E-state index contributed by atoms with van der Waals surface area (Å²) >= 11 is 3.44. The minimum Gasteiger partial charge on any atom is -0.310 e. The van der Waals surface area contributed by atoms with Gasteiger partial charge in [0.15, 0.2) is 0 Å². The van der Waals surface area contributed by atoms with Crippen LogP contribution >= 0.6 is 15.9 Å². The molecule has 0 aliphatic carbocycles. The molecule has 1 aromatic rings. The summed E-state index contributed by atoms with van der Waals surface area (Å²) in [5, 5.41) is 3.43. The van der Waals surface area contributed by atoms with Gasteiger partial charge in [-0.25, -0.2) is 0 Å². The van der Waals surface area contributed by atoms with Crippen LogP contribution in [0, 0.1) is 0 Å². The fraction of sp³-hybridized carbons (Fsp3) is 0.385. The Hall–Kier alpha value is -0.600. The van der Waals surface area contributed by atoms with E-state index in [1.54, 1.807) is 0 Å². The first-order chi connectivity index (χ1) is 7.13. The fourth-order valence-electron chi connectivity index (χ4n) is 1.52. The largest absolute Gasteiger partial charge is 0.310 e. The van der Waals surface area contributed by atoms with Gasteiger partial charge >= 0.3 is 0 Å². The van der Waals surface area contributed by atoms with Crippen LogP contribution in [0.3, 0.4) is 0 Å². The second-order valence-corrected chi connectivity index (χ2v) is 4.70. The maximum Gasteiger partial charge on any atom is 0.0314 e. The van der Waals surface area contributed by atoms with Crippen molar-refractivity contribution < 1.29 is 0 Å². The number of nitrogens with one attached hydrogen (secondary N) is 1. The first kappa shape index (κ1) is 12.5. The zero-order chi connectivity index (χ0) is 11.3. The van der Waals surface area contributed by atoms with Gasteiger partial charge in [0.2, 0.25) is 0 Å². The van der Waals surface area contributed by atoms with Crippen LogP contribution in [-0.2, 0) is 6.42 Å². The monoisotopic (exact) mass is 267 g/mol. The summed E-state index contributed by atoms with van der Waals surface area (Å²) in [7, 11) is 0. The summed E-state index contributed by atoms with van der Waals surface area (Å²) in [6.45, 7) is 9.19. The molecule has 15 heavy (non-hydrogen) atoms. The third-order valence-corrected chi connectivity index (χ3v) is 2.93. The van der Waals surface area contributed by atoms with Crippen molar-refractivity contribution in [1.29, 1.82) is 0 Å². The molecule has 1 aromatic carbocycles. The Kier molecular flexibility index (Phi) is 5.06. The Morgan fingerprint density at radius 3 is 2.47 bits per heavy atom. The number of rotatable bonds is 5. The zero-order valence-electron chi connectivity index (χ0n) is 9.39. The van der Waals surface area contributed by atoms with E-state index in [9.17, 15) is 0 Å². The topological polar surface area (TPSA) is 12.0 Å². The molecule has 1 rings (SSSR count). The van der Waals surface area contributed by atoms with Crippen molar-refractivity contribution in [2.24, 2.45) is 0 Å². The van der Waals surface area contributed by atoms with Crippen molar-refractivity contribution in [3.8, 4) is 0 Å². The lowest BCUT2D eigenvalue weighted by Crippen LogP contribution is -2.31. The second-order valence-electron chi connectivity index (χ2n) is 3.79. The predicted octanol–water partition coefficient (Wildman–Crippen LogP) is 3.55. The van der Waals surface area contributed by atoms with Crippen molar-refractivity contribution in [2.75, 3.05) is 6.54 Å². The van der Waals surface area contributed by atoms with Crippen molar-refractivity contribution in [2.45, 2.75) is 26.3 Å². The molecule has 0 aliphatic heterocycles. The van der Waals surface area contributed by atoms with E-state index in [2.05, 4.69) is 65.9 Å². The van der Waals surface area contributed by atoms with E-state index in [0.29, 0.717) is 6.04 Å². The molecule has 1 atom stereocenters. The molecule has 0 bridgehead atoms. The van der Waals surface area contributed by atoms with Gasteiger partial charge in [0, 0.05) is 10.5 Å². The van der Waals surface area contributed by atoms with Gasteiger partial charge in [-0.2, -0.15) is 0 Å². The van der Waals surface area contributed by atoms with E-state index in [4.69, 9.17) is 0 Å². The number of likely N-dealkylation sites (N-methyl/N-ethyl adjacent to an activating group) is 1. The number of hydrogen-bond acceptors (Lipinski definition) is 1. The van der Waals surface area contributed by atoms with Crippen molar-refractivity contribution in [3.05, 3.63) is 46.5 Å². The van der Waals surface area contributed by atoms with Gasteiger partial charge in [-0.05, 0) is 37.6 Å². The third-order valence-electron chi connectivity index (χ3n) is 2.40. The summed E-state index contributed by atoms with van der Waals surface area (Å²) in [5.74, 6) is 0. The molecule has 0 spiro atoms. The van der Waals surface area contributed by atoms with Crippen LogP contribution in [0.4, 0.5) is 0 Å². The molecule has 0 radical (unpaired) electrons. The van der Waals surface area contributed by atoms with Crippen molar-refractivity contribution in [3.63, 3.8) is 0 Å². The number of benzene rings is 1. The quantitative estimate of drug-likeness (QED) is 0.805. The summed E-state index contributed by atoms with van der Waals surface area (Å²) in [6, 6.07) is 8.85. The molecule has 82 valence electrons. The molecule has 0 fully saturated rings. The van der Waals surface area contributed by atoms with E-state index in [1.807, 2.05) is 0 Å². The van der Waals surface area contributed by atoms with Gasteiger partial charge in [0.05, 0.1) is 0 Å². The molecule has 1 unspecified atom stereocenters. The average molecular weight is 268 g/mol. The molecule has 0 saturated heterocycles. The molecule has 1 N–H and O–H groups in total.